The second-order valence-electron chi connectivity index (χ2n) is 5.79. The summed E-state index contributed by atoms with van der Waals surface area (Å²) in [5, 5.41) is 18.2. The van der Waals surface area contributed by atoms with Crippen molar-refractivity contribution < 1.29 is 19.4 Å². The molecule has 0 saturated heterocycles. The minimum absolute atomic E-state index is 0.519. The van der Waals surface area contributed by atoms with Gasteiger partial charge in [-0.2, -0.15) is 5.10 Å². The number of ether oxygens (including phenoxy) is 1. The highest BCUT2D eigenvalue weighted by atomic mass is 32.1. The van der Waals surface area contributed by atoms with Crippen LogP contribution in [0.2, 0.25) is 0 Å². The Bertz CT molecular complexity index is 965. The number of rotatable bonds is 7. The highest BCUT2D eigenvalue weighted by molar-refractivity contribution is 7.13. The van der Waals surface area contributed by atoms with Crippen molar-refractivity contribution in [3.05, 3.63) is 65.7 Å². The number of nitrogens with zero attached hydrogens (tertiary/aromatic N) is 2. The van der Waals surface area contributed by atoms with Crippen molar-refractivity contribution in [3.63, 3.8) is 0 Å². The van der Waals surface area contributed by atoms with Crippen molar-refractivity contribution in [2.45, 2.75) is 6.04 Å². The second kappa shape index (κ2) is 9.12. The molecule has 0 radical (unpaired) electrons. The molecule has 2 N–H and O–H groups in total. The predicted molar refractivity (Wildman–Crippen MR) is 107 cm³/mol. The Labute approximate surface area is 165 Å². The molecule has 1 amide bonds. The number of methoxy groups -OCH3 is 1. The topological polar surface area (TPSA) is 93.5 Å². The minimum atomic E-state index is -1.11. The van der Waals surface area contributed by atoms with Gasteiger partial charge in [-0.1, -0.05) is 24.3 Å². The van der Waals surface area contributed by atoms with Gasteiger partial charge in [-0.15, -0.1) is 11.3 Å². The van der Waals surface area contributed by atoms with Gasteiger partial charge < -0.3 is 15.2 Å². The zero-order valence-electron chi connectivity index (χ0n) is 15.1. The first kappa shape index (κ1) is 19.5. The number of aromatic nitrogens is 2. The molecule has 7 nitrogen and oxygen atoms in total. The molecule has 1 unspecified atom stereocenters. The van der Waals surface area contributed by atoms with E-state index in [2.05, 4.69) is 15.2 Å². The van der Waals surface area contributed by atoms with Crippen LogP contribution in [-0.2, 0) is 14.3 Å². The normalized spacial score (nSPS) is 12.1. The molecule has 3 aromatic rings. The third kappa shape index (κ3) is 4.54. The minimum Gasteiger partial charge on any atom is -0.467 e. The molecule has 0 aliphatic heterocycles. The van der Waals surface area contributed by atoms with Gasteiger partial charge in [0.1, 0.15) is 5.69 Å². The van der Waals surface area contributed by atoms with E-state index in [1.54, 1.807) is 22.1 Å². The van der Waals surface area contributed by atoms with Crippen LogP contribution in [0.1, 0.15) is 5.56 Å². The monoisotopic (exact) mass is 397 g/mol. The number of para-hydroxylation sites is 1. The van der Waals surface area contributed by atoms with E-state index < -0.39 is 24.5 Å². The average molecular weight is 397 g/mol. The molecule has 0 spiro atoms. The van der Waals surface area contributed by atoms with E-state index >= 15 is 0 Å². The van der Waals surface area contributed by atoms with Gasteiger partial charge in [0.25, 0.3) is 0 Å². The molecule has 0 aliphatic rings. The molecule has 0 bridgehead atoms. The largest absolute Gasteiger partial charge is 0.467 e. The van der Waals surface area contributed by atoms with Crippen LogP contribution < -0.4 is 5.32 Å². The van der Waals surface area contributed by atoms with E-state index in [9.17, 15) is 14.7 Å². The van der Waals surface area contributed by atoms with Crippen LogP contribution in [0.15, 0.2) is 60.1 Å². The molecule has 144 valence electrons. The molecule has 28 heavy (non-hydrogen) atoms. The van der Waals surface area contributed by atoms with Crippen LogP contribution in [0.4, 0.5) is 0 Å². The Morgan fingerprint density at radius 3 is 2.71 bits per heavy atom. The second-order valence-corrected chi connectivity index (χ2v) is 6.74. The summed E-state index contributed by atoms with van der Waals surface area (Å²) in [6.45, 7) is -0.543. The average Bonchev–Trinajstić information content (AvgIpc) is 3.40. The molecule has 2 heterocycles. The molecule has 0 aliphatic carbocycles. The fourth-order valence-electron chi connectivity index (χ4n) is 2.53. The smallest absolute Gasteiger partial charge is 0.330 e. The number of aliphatic hydroxyl groups is 1. The zero-order valence-corrected chi connectivity index (χ0v) is 15.9. The SMILES string of the molecule is COC(=O)C(CO)NC(=O)C=Cc1cn(-c2ccccc2)nc1-c1cccs1. The number of amides is 1. The fraction of sp³-hybridized carbons (Fsp3) is 0.150. The van der Waals surface area contributed by atoms with Crippen molar-refractivity contribution >= 4 is 29.3 Å². The lowest BCUT2D eigenvalue weighted by Gasteiger charge is -2.11. The van der Waals surface area contributed by atoms with Crippen molar-refractivity contribution in [1.29, 1.82) is 0 Å². The van der Waals surface area contributed by atoms with E-state index in [1.807, 2.05) is 54.0 Å². The van der Waals surface area contributed by atoms with Crippen molar-refractivity contribution in [1.82, 2.24) is 15.1 Å². The first-order valence-corrected chi connectivity index (χ1v) is 9.36. The van der Waals surface area contributed by atoms with Crippen LogP contribution in [-0.4, -0.2) is 46.5 Å². The maximum Gasteiger partial charge on any atom is 0.330 e. The van der Waals surface area contributed by atoms with E-state index in [-0.39, 0.29) is 0 Å². The fourth-order valence-corrected chi connectivity index (χ4v) is 3.26. The first-order chi connectivity index (χ1) is 13.6. The zero-order chi connectivity index (χ0) is 19.9. The van der Waals surface area contributed by atoms with E-state index in [4.69, 9.17) is 0 Å². The molecule has 1 aromatic carbocycles. The summed E-state index contributed by atoms with van der Waals surface area (Å²) in [6, 6.07) is 12.4. The molecule has 1 atom stereocenters. The number of thiophene rings is 1. The first-order valence-electron chi connectivity index (χ1n) is 8.48. The number of carbonyl (C=O) groups is 2. The number of benzene rings is 1. The standard InChI is InChI=1S/C20H19N3O4S/c1-27-20(26)16(13-24)21-18(25)10-9-14-12-23(15-6-3-2-4-7-15)22-19(14)17-8-5-11-28-17/h2-12,16,24H,13H2,1H3,(H,21,25). The highest BCUT2D eigenvalue weighted by Gasteiger charge is 2.19. The quantitative estimate of drug-likeness (QED) is 0.471. The molecule has 2 aromatic heterocycles. The summed E-state index contributed by atoms with van der Waals surface area (Å²) in [6.07, 6.45) is 4.76. The molecule has 8 heteroatoms. The number of hydrogen-bond acceptors (Lipinski definition) is 6. The van der Waals surface area contributed by atoms with Crippen LogP contribution in [0.5, 0.6) is 0 Å². The maximum atomic E-state index is 12.1. The summed E-state index contributed by atoms with van der Waals surface area (Å²) in [4.78, 5) is 24.6. The molecule has 3 rings (SSSR count). The summed E-state index contributed by atoms with van der Waals surface area (Å²) in [7, 11) is 1.19. The van der Waals surface area contributed by atoms with Gasteiger partial charge in [0, 0.05) is 17.8 Å². The van der Waals surface area contributed by atoms with Gasteiger partial charge in [0.05, 0.1) is 24.3 Å². The summed E-state index contributed by atoms with van der Waals surface area (Å²) in [5.74, 6) is -1.23. The summed E-state index contributed by atoms with van der Waals surface area (Å²) >= 11 is 1.55. The molecular weight excluding hydrogens is 378 g/mol. The third-order valence-corrected chi connectivity index (χ3v) is 4.79. The van der Waals surface area contributed by atoms with Crippen LogP contribution in [0, 0.1) is 0 Å². The Morgan fingerprint density at radius 2 is 2.07 bits per heavy atom. The lowest BCUT2D eigenvalue weighted by Crippen LogP contribution is -2.43. The van der Waals surface area contributed by atoms with E-state index in [0.717, 1.165) is 21.8 Å². The molecule has 0 fully saturated rings. The van der Waals surface area contributed by atoms with E-state index in [0.29, 0.717) is 0 Å². The van der Waals surface area contributed by atoms with Gasteiger partial charge >= 0.3 is 5.97 Å². The van der Waals surface area contributed by atoms with Crippen LogP contribution in [0.25, 0.3) is 22.3 Å². The number of esters is 1. The number of hydrogen-bond donors (Lipinski definition) is 2. The number of aliphatic hydroxyl groups excluding tert-OH is 1. The van der Waals surface area contributed by atoms with Gasteiger partial charge in [0.15, 0.2) is 6.04 Å². The van der Waals surface area contributed by atoms with Crippen molar-refractivity contribution in [2.75, 3.05) is 13.7 Å². The number of carbonyl (C=O) groups excluding carboxylic acids is 2. The lowest BCUT2D eigenvalue weighted by atomic mass is 10.2. The molecular formula is C20H19N3O4S. The van der Waals surface area contributed by atoms with Crippen LogP contribution >= 0.6 is 11.3 Å². The van der Waals surface area contributed by atoms with Gasteiger partial charge in [-0.3, -0.25) is 4.79 Å². The Kier molecular flexibility index (Phi) is 6.36. The highest BCUT2D eigenvalue weighted by Crippen LogP contribution is 2.28. The van der Waals surface area contributed by atoms with E-state index in [1.165, 1.54) is 13.2 Å². The molecule has 0 saturated carbocycles. The van der Waals surface area contributed by atoms with Crippen molar-refractivity contribution in [3.8, 4) is 16.3 Å². The Morgan fingerprint density at radius 1 is 1.29 bits per heavy atom. The Hall–Kier alpha value is -3.23. The van der Waals surface area contributed by atoms with Crippen molar-refractivity contribution in [2.24, 2.45) is 0 Å². The van der Waals surface area contributed by atoms with Crippen LogP contribution in [0.3, 0.4) is 0 Å². The third-order valence-electron chi connectivity index (χ3n) is 3.92. The summed E-state index contributed by atoms with van der Waals surface area (Å²) < 4.78 is 6.29. The lowest BCUT2D eigenvalue weighted by molar-refractivity contribution is -0.145. The van der Waals surface area contributed by atoms with Gasteiger partial charge in [-0.25, -0.2) is 9.48 Å². The van der Waals surface area contributed by atoms with Gasteiger partial charge in [-0.05, 0) is 29.7 Å². The number of nitrogens with one attached hydrogen (secondary N) is 1. The predicted octanol–water partition coefficient (Wildman–Crippen LogP) is 2.26. The Balaban J connectivity index is 1.86. The van der Waals surface area contributed by atoms with Gasteiger partial charge in [0.2, 0.25) is 5.91 Å². The summed E-state index contributed by atoms with van der Waals surface area (Å²) in [5.41, 5.74) is 2.39. The maximum absolute atomic E-state index is 12.1.